The Hall–Kier alpha value is -2.36. The highest BCUT2D eigenvalue weighted by atomic mass is 15.1. The molecule has 3 rings (SSSR count). The Bertz CT molecular complexity index is 743. The van der Waals surface area contributed by atoms with Crippen LogP contribution in [0.4, 0.5) is 5.69 Å². The molecule has 0 saturated heterocycles. The number of pyridine rings is 1. The van der Waals surface area contributed by atoms with E-state index in [0.29, 0.717) is 0 Å². The predicted molar refractivity (Wildman–Crippen MR) is 77.8 cm³/mol. The number of aryl methyl sites for hydroxylation is 2. The maximum absolute atomic E-state index is 6.19. The Morgan fingerprint density at radius 3 is 2.89 bits per heavy atom. The van der Waals surface area contributed by atoms with E-state index in [1.165, 1.54) is 0 Å². The standard InChI is InChI=1S/C15H16N4/c1-3-19-13-7-8-17-9-12(13)18-15(19)11-6-4-5-10(2)14(11)16/h4-9H,3,16H2,1-2H3. The van der Waals surface area contributed by atoms with Gasteiger partial charge in [-0.05, 0) is 31.5 Å². The summed E-state index contributed by atoms with van der Waals surface area (Å²) in [5.41, 5.74) is 11.0. The van der Waals surface area contributed by atoms with E-state index in [4.69, 9.17) is 5.73 Å². The van der Waals surface area contributed by atoms with Crippen molar-refractivity contribution in [3.05, 3.63) is 42.2 Å². The van der Waals surface area contributed by atoms with Crippen LogP contribution in [0, 0.1) is 6.92 Å². The van der Waals surface area contributed by atoms with E-state index < -0.39 is 0 Å². The highest BCUT2D eigenvalue weighted by molar-refractivity contribution is 5.83. The van der Waals surface area contributed by atoms with Crippen molar-refractivity contribution in [2.24, 2.45) is 0 Å². The Morgan fingerprint density at radius 1 is 1.26 bits per heavy atom. The lowest BCUT2D eigenvalue weighted by Gasteiger charge is -2.10. The molecule has 2 aromatic heterocycles. The lowest BCUT2D eigenvalue weighted by atomic mass is 10.1. The summed E-state index contributed by atoms with van der Waals surface area (Å²) in [6.45, 7) is 4.97. The van der Waals surface area contributed by atoms with Gasteiger partial charge >= 0.3 is 0 Å². The zero-order valence-electron chi connectivity index (χ0n) is 11.1. The van der Waals surface area contributed by atoms with Gasteiger partial charge in [0.2, 0.25) is 0 Å². The summed E-state index contributed by atoms with van der Waals surface area (Å²) in [4.78, 5) is 8.80. The average Bonchev–Trinajstić information content (AvgIpc) is 2.80. The minimum atomic E-state index is 0.792. The normalized spacial score (nSPS) is 11.1. The van der Waals surface area contributed by atoms with Crippen molar-refractivity contribution < 1.29 is 0 Å². The molecule has 4 nitrogen and oxygen atoms in total. The number of benzene rings is 1. The first-order valence-corrected chi connectivity index (χ1v) is 6.38. The molecule has 3 aromatic rings. The monoisotopic (exact) mass is 252 g/mol. The maximum Gasteiger partial charge on any atom is 0.143 e. The second-order valence-corrected chi connectivity index (χ2v) is 4.58. The Kier molecular flexibility index (Phi) is 2.71. The zero-order chi connectivity index (χ0) is 13.4. The number of fused-ring (bicyclic) bond motifs is 1. The quantitative estimate of drug-likeness (QED) is 0.713. The molecule has 96 valence electrons. The minimum absolute atomic E-state index is 0.792. The van der Waals surface area contributed by atoms with Crippen molar-refractivity contribution in [1.29, 1.82) is 0 Å². The number of hydrogen-bond donors (Lipinski definition) is 1. The number of anilines is 1. The lowest BCUT2D eigenvalue weighted by molar-refractivity contribution is 0.796. The molecule has 2 heterocycles. The number of nitrogens with two attached hydrogens (primary N) is 1. The van der Waals surface area contributed by atoms with Gasteiger partial charge in [-0.25, -0.2) is 4.98 Å². The molecule has 0 bridgehead atoms. The summed E-state index contributed by atoms with van der Waals surface area (Å²) in [5, 5.41) is 0. The largest absolute Gasteiger partial charge is 0.398 e. The van der Waals surface area contributed by atoms with E-state index in [2.05, 4.69) is 21.5 Å². The molecule has 0 fully saturated rings. The van der Waals surface area contributed by atoms with E-state index >= 15 is 0 Å². The number of nitrogen functional groups attached to an aromatic ring is 1. The fraction of sp³-hybridized carbons (Fsp3) is 0.200. The Morgan fingerprint density at radius 2 is 2.11 bits per heavy atom. The molecule has 0 aliphatic heterocycles. The summed E-state index contributed by atoms with van der Waals surface area (Å²) >= 11 is 0. The number of nitrogens with zero attached hydrogens (tertiary/aromatic N) is 3. The smallest absolute Gasteiger partial charge is 0.143 e. The van der Waals surface area contributed by atoms with Crippen LogP contribution >= 0.6 is 0 Å². The van der Waals surface area contributed by atoms with Gasteiger partial charge in [0.05, 0.1) is 11.7 Å². The lowest BCUT2D eigenvalue weighted by Crippen LogP contribution is -2.01. The maximum atomic E-state index is 6.19. The van der Waals surface area contributed by atoms with Gasteiger partial charge < -0.3 is 10.3 Å². The van der Waals surface area contributed by atoms with Crippen LogP contribution in [-0.4, -0.2) is 14.5 Å². The SMILES string of the molecule is CCn1c(-c2cccc(C)c2N)nc2cnccc21. The van der Waals surface area contributed by atoms with E-state index in [1.54, 1.807) is 12.4 Å². The topological polar surface area (TPSA) is 56.7 Å². The van der Waals surface area contributed by atoms with E-state index in [-0.39, 0.29) is 0 Å². The van der Waals surface area contributed by atoms with Crippen LogP contribution < -0.4 is 5.73 Å². The van der Waals surface area contributed by atoms with E-state index in [9.17, 15) is 0 Å². The highest BCUT2D eigenvalue weighted by Gasteiger charge is 2.14. The molecule has 0 amide bonds. The van der Waals surface area contributed by atoms with Crippen LogP contribution in [0.25, 0.3) is 22.4 Å². The van der Waals surface area contributed by atoms with Gasteiger partial charge in [0.25, 0.3) is 0 Å². The fourth-order valence-corrected chi connectivity index (χ4v) is 2.38. The first-order valence-electron chi connectivity index (χ1n) is 6.38. The molecular weight excluding hydrogens is 236 g/mol. The van der Waals surface area contributed by atoms with Crippen molar-refractivity contribution in [2.75, 3.05) is 5.73 Å². The van der Waals surface area contributed by atoms with E-state index in [1.807, 2.05) is 31.2 Å². The second-order valence-electron chi connectivity index (χ2n) is 4.58. The third-order valence-electron chi connectivity index (χ3n) is 3.43. The summed E-state index contributed by atoms with van der Waals surface area (Å²) < 4.78 is 2.17. The van der Waals surface area contributed by atoms with Gasteiger partial charge in [-0.15, -0.1) is 0 Å². The molecular formula is C15H16N4. The van der Waals surface area contributed by atoms with Gasteiger partial charge in [-0.3, -0.25) is 4.98 Å². The molecule has 0 atom stereocenters. The van der Waals surface area contributed by atoms with Crippen molar-refractivity contribution in [3.63, 3.8) is 0 Å². The first kappa shape index (κ1) is 11.7. The van der Waals surface area contributed by atoms with Crippen LogP contribution in [0.1, 0.15) is 12.5 Å². The first-order chi connectivity index (χ1) is 9.22. The van der Waals surface area contributed by atoms with Crippen molar-refractivity contribution in [1.82, 2.24) is 14.5 Å². The molecule has 1 aromatic carbocycles. The van der Waals surface area contributed by atoms with Crippen molar-refractivity contribution in [3.8, 4) is 11.4 Å². The van der Waals surface area contributed by atoms with Crippen LogP contribution in [-0.2, 0) is 6.54 Å². The third kappa shape index (κ3) is 1.76. The molecule has 2 N–H and O–H groups in total. The molecule has 19 heavy (non-hydrogen) atoms. The van der Waals surface area contributed by atoms with Gasteiger partial charge in [-0.2, -0.15) is 0 Å². The summed E-state index contributed by atoms with van der Waals surface area (Å²) in [7, 11) is 0. The van der Waals surface area contributed by atoms with E-state index in [0.717, 1.165) is 40.2 Å². The summed E-state index contributed by atoms with van der Waals surface area (Å²) in [6, 6.07) is 8.03. The number of para-hydroxylation sites is 1. The van der Waals surface area contributed by atoms with Gasteiger partial charge in [0.15, 0.2) is 0 Å². The van der Waals surface area contributed by atoms with Crippen LogP contribution in [0.15, 0.2) is 36.7 Å². The number of hydrogen-bond acceptors (Lipinski definition) is 3. The number of rotatable bonds is 2. The van der Waals surface area contributed by atoms with Crippen LogP contribution in [0.5, 0.6) is 0 Å². The zero-order valence-corrected chi connectivity index (χ0v) is 11.1. The Balaban J connectivity index is 2.33. The second kappa shape index (κ2) is 4.39. The molecule has 0 aliphatic rings. The summed E-state index contributed by atoms with van der Waals surface area (Å²) in [6.07, 6.45) is 3.58. The molecule has 0 radical (unpaired) electrons. The van der Waals surface area contributed by atoms with Gasteiger partial charge in [0.1, 0.15) is 11.3 Å². The van der Waals surface area contributed by atoms with Gasteiger partial charge in [-0.1, -0.05) is 12.1 Å². The predicted octanol–water partition coefficient (Wildman–Crippen LogP) is 3.01. The number of imidazole rings is 1. The molecule has 4 heteroatoms. The molecule has 0 unspecified atom stereocenters. The van der Waals surface area contributed by atoms with Crippen LogP contribution in [0.2, 0.25) is 0 Å². The molecule has 0 spiro atoms. The minimum Gasteiger partial charge on any atom is -0.398 e. The Labute approximate surface area is 111 Å². The van der Waals surface area contributed by atoms with Gasteiger partial charge in [0, 0.05) is 24.0 Å². The highest BCUT2D eigenvalue weighted by Crippen LogP contribution is 2.30. The van der Waals surface area contributed by atoms with Crippen molar-refractivity contribution >= 4 is 16.7 Å². The summed E-state index contributed by atoms with van der Waals surface area (Å²) in [5.74, 6) is 0.909. The average molecular weight is 252 g/mol. The third-order valence-corrected chi connectivity index (χ3v) is 3.43. The van der Waals surface area contributed by atoms with Crippen molar-refractivity contribution in [2.45, 2.75) is 20.4 Å². The van der Waals surface area contributed by atoms with Crippen LogP contribution in [0.3, 0.4) is 0 Å². The number of aromatic nitrogens is 3. The fourth-order valence-electron chi connectivity index (χ4n) is 2.38. The molecule has 0 aliphatic carbocycles. The molecule has 0 saturated carbocycles.